The van der Waals surface area contributed by atoms with Crippen LogP contribution >= 0.6 is 0 Å². The molecule has 2 N–H and O–H groups in total. The second kappa shape index (κ2) is 2.76. The number of aromatic hydroxyl groups is 1. The van der Waals surface area contributed by atoms with Gasteiger partial charge in [0.25, 0.3) is 10.1 Å². The third kappa shape index (κ3) is 1.75. The zero-order valence-electron chi connectivity index (χ0n) is 6.35. The van der Waals surface area contributed by atoms with Crippen molar-refractivity contribution >= 4 is 10.1 Å². The summed E-state index contributed by atoms with van der Waals surface area (Å²) in [5.41, 5.74) is 0.398. The van der Waals surface area contributed by atoms with Crippen LogP contribution in [0.15, 0.2) is 23.1 Å². The zero-order chi connectivity index (χ0) is 9.35. The number of phenols is 1. The molecule has 1 aromatic rings. The highest BCUT2D eigenvalue weighted by molar-refractivity contribution is 7.85. The molecule has 0 amide bonds. The van der Waals surface area contributed by atoms with Gasteiger partial charge in [-0.05, 0) is 18.6 Å². The van der Waals surface area contributed by atoms with E-state index >= 15 is 0 Å². The smallest absolute Gasteiger partial charge is 0.294 e. The van der Waals surface area contributed by atoms with Crippen LogP contribution in [-0.4, -0.2) is 18.1 Å². The highest BCUT2D eigenvalue weighted by Crippen LogP contribution is 2.19. The molecule has 0 saturated heterocycles. The second-order valence-electron chi connectivity index (χ2n) is 2.42. The van der Waals surface area contributed by atoms with Gasteiger partial charge < -0.3 is 5.11 Å². The minimum atomic E-state index is -4.22. The van der Waals surface area contributed by atoms with Gasteiger partial charge in [-0.3, -0.25) is 4.55 Å². The molecule has 5 heteroatoms. The summed E-state index contributed by atoms with van der Waals surface area (Å²) in [6, 6.07) is 3.77. The molecule has 0 spiro atoms. The predicted molar refractivity (Wildman–Crippen MR) is 42.7 cm³/mol. The van der Waals surface area contributed by atoms with E-state index in [2.05, 4.69) is 0 Å². The Hall–Kier alpha value is -1.07. The number of hydrogen-bond donors (Lipinski definition) is 2. The van der Waals surface area contributed by atoms with Crippen LogP contribution in [0.25, 0.3) is 0 Å². The van der Waals surface area contributed by atoms with Crippen molar-refractivity contribution < 1.29 is 18.1 Å². The SMILES string of the molecule is Cc1ccc(O)cc1S(=O)(=O)O. The van der Waals surface area contributed by atoms with E-state index in [0.717, 1.165) is 6.07 Å². The molecule has 1 aromatic carbocycles. The van der Waals surface area contributed by atoms with E-state index in [-0.39, 0.29) is 10.6 Å². The lowest BCUT2D eigenvalue weighted by Crippen LogP contribution is -2.00. The maximum Gasteiger partial charge on any atom is 0.294 e. The molecule has 0 saturated carbocycles. The summed E-state index contributed by atoms with van der Waals surface area (Å²) >= 11 is 0. The van der Waals surface area contributed by atoms with Crippen molar-refractivity contribution in [3.05, 3.63) is 23.8 Å². The molecule has 12 heavy (non-hydrogen) atoms. The van der Waals surface area contributed by atoms with Crippen molar-refractivity contribution in [2.24, 2.45) is 0 Å². The Bertz CT molecular complexity index is 394. The van der Waals surface area contributed by atoms with Gasteiger partial charge in [-0.2, -0.15) is 8.42 Å². The lowest BCUT2D eigenvalue weighted by Gasteiger charge is -2.01. The van der Waals surface area contributed by atoms with Gasteiger partial charge in [0.1, 0.15) is 10.6 Å². The van der Waals surface area contributed by atoms with Crippen molar-refractivity contribution in [3.63, 3.8) is 0 Å². The Morgan fingerprint density at radius 3 is 2.33 bits per heavy atom. The first-order valence-corrected chi connectivity index (χ1v) is 4.62. The van der Waals surface area contributed by atoms with Gasteiger partial charge in [0, 0.05) is 6.07 Å². The second-order valence-corrected chi connectivity index (χ2v) is 3.81. The monoisotopic (exact) mass is 188 g/mol. The Morgan fingerprint density at radius 1 is 1.33 bits per heavy atom. The molecule has 0 fully saturated rings. The van der Waals surface area contributed by atoms with E-state index in [1.165, 1.54) is 19.1 Å². The molecule has 0 aromatic heterocycles. The van der Waals surface area contributed by atoms with Gasteiger partial charge in [-0.25, -0.2) is 0 Å². The van der Waals surface area contributed by atoms with E-state index < -0.39 is 10.1 Å². The molecule has 0 aliphatic heterocycles. The van der Waals surface area contributed by atoms with Crippen molar-refractivity contribution in [3.8, 4) is 5.75 Å². The van der Waals surface area contributed by atoms with Crippen LogP contribution in [0, 0.1) is 6.92 Å². The van der Waals surface area contributed by atoms with Gasteiger partial charge in [-0.15, -0.1) is 0 Å². The van der Waals surface area contributed by atoms with Crippen molar-refractivity contribution in [1.29, 1.82) is 0 Å². The lowest BCUT2D eigenvalue weighted by molar-refractivity contribution is 0.465. The van der Waals surface area contributed by atoms with Crippen LogP contribution in [0.1, 0.15) is 5.56 Å². The standard InChI is InChI=1S/C7H8O4S/c1-5-2-3-6(8)4-7(5)12(9,10)11/h2-4,8H,1H3,(H,9,10,11). The Labute approximate surface area is 70.2 Å². The van der Waals surface area contributed by atoms with E-state index in [4.69, 9.17) is 9.66 Å². The van der Waals surface area contributed by atoms with Gasteiger partial charge in [-0.1, -0.05) is 6.07 Å². The molecule has 0 aliphatic rings. The molecular formula is C7H8O4S. The molecule has 0 unspecified atom stereocenters. The van der Waals surface area contributed by atoms with Crippen LogP contribution < -0.4 is 0 Å². The van der Waals surface area contributed by atoms with E-state index in [9.17, 15) is 8.42 Å². The van der Waals surface area contributed by atoms with Crippen LogP contribution in [0.3, 0.4) is 0 Å². The highest BCUT2D eigenvalue weighted by Gasteiger charge is 2.12. The molecular weight excluding hydrogens is 180 g/mol. The van der Waals surface area contributed by atoms with Crippen molar-refractivity contribution in [2.75, 3.05) is 0 Å². The maximum atomic E-state index is 10.7. The van der Waals surface area contributed by atoms with Crippen LogP contribution in [0.5, 0.6) is 5.75 Å². The van der Waals surface area contributed by atoms with Crippen molar-refractivity contribution in [1.82, 2.24) is 0 Å². The molecule has 0 atom stereocenters. The Kier molecular flexibility index (Phi) is 2.08. The fourth-order valence-corrected chi connectivity index (χ4v) is 1.61. The lowest BCUT2D eigenvalue weighted by atomic mass is 10.2. The molecule has 0 heterocycles. The summed E-state index contributed by atoms with van der Waals surface area (Å²) in [7, 11) is -4.22. The summed E-state index contributed by atoms with van der Waals surface area (Å²) < 4.78 is 30.0. The predicted octanol–water partition coefficient (Wildman–Crippen LogP) is 0.947. The molecule has 0 bridgehead atoms. The molecule has 66 valence electrons. The minimum Gasteiger partial charge on any atom is -0.508 e. The number of aryl methyl sites for hydroxylation is 1. The molecule has 1 rings (SSSR count). The van der Waals surface area contributed by atoms with Crippen LogP contribution in [-0.2, 0) is 10.1 Å². The number of rotatable bonds is 1. The van der Waals surface area contributed by atoms with Crippen molar-refractivity contribution in [2.45, 2.75) is 11.8 Å². The topological polar surface area (TPSA) is 74.6 Å². The summed E-state index contributed by atoms with van der Waals surface area (Å²) in [5, 5.41) is 8.93. The van der Waals surface area contributed by atoms with Crippen LogP contribution in [0.4, 0.5) is 0 Å². The molecule has 0 aliphatic carbocycles. The van der Waals surface area contributed by atoms with Gasteiger partial charge in [0.05, 0.1) is 0 Å². The summed E-state index contributed by atoms with van der Waals surface area (Å²) in [6.45, 7) is 1.53. The molecule has 0 radical (unpaired) electrons. The first-order chi connectivity index (χ1) is 5.41. The van der Waals surface area contributed by atoms with E-state index in [1.807, 2.05) is 0 Å². The quantitative estimate of drug-likeness (QED) is 0.643. The first kappa shape index (κ1) is 9.02. The third-order valence-electron chi connectivity index (χ3n) is 1.45. The fraction of sp³-hybridized carbons (Fsp3) is 0.143. The largest absolute Gasteiger partial charge is 0.508 e. The average molecular weight is 188 g/mol. The number of hydrogen-bond acceptors (Lipinski definition) is 3. The van der Waals surface area contributed by atoms with E-state index in [1.54, 1.807) is 0 Å². The Balaban J connectivity index is 3.43. The maximum absolute atomic E-state index is 10.7. The number of phenolic OH excluding ortho intramolecular Hbond substituents is 1. The zero-order valence-corrected chi connectivity index (χ0v) is 7.17. The molecule has 4 nitrogen and oxygen atoms in total. The Morgan fingerprint density at radius 2 is 1.92 bits per heavy atom. The summed E-state index contributed by atoms with van der Waals surface area (Å²) in [4.78, 5) is -0.262. The highest BCUT2D eigenvalue weighted by atomic mass is 32.2. The van der Waals surface area contributed by atoms with Gasteiger partial charge in [0.2, 0.25) is 0 Å². The first-order valence-electron chi connectivity index (χ1n) is 3.18. The normalized spacial score (nSPS) is 11.5. The van der Waals surface area contributed by atoms with Crippen LogP contribution in [0.2, 0.25) is 0 Å². The van der Waals surface area contributed by atoms with Gasteiger partial charge >= 0.3 is 0 Å². The van der Waals surface area contributed by atoms with Gasteiger partial charge in [0.15, 0.2) is 0 Å². The summed E-state index contributed by atoms with van der Waals surface area (Å²) in [6.07, 6.45) is 0. The number of benzene rings is 1. The fourth-order valence-electron chi connectivity index (χ4n) is 0.867. The summed E-state index contributed by atoms with van der Waals surface area (Å²) in [5.74, 6) is -0.187. The average Bonchev–Trinajstić information content (AvgIpc) is 1.92. The third-order valence-corrected chi connectivity index (χ3v) is 2.45. The minimum absolute atomic E-state index is 0.187. The van der Waals surface area contributed by atoms with E-state index in [0.29, 0.717) is 5.56 Å².